The Labute approximate surface area is 358 Å². The van der Waals surface area contributed by atoms with Crippen LogP contribution in [-0.2, 0) is 18.7 Å². The Morgan fingerprint density at radius 2 is 1.56 bits per heavy atom. The molecular weight excluding hydrogens is 783 g/mol. The van der Waals surface area contributed by atoms with E-state index < -0.39 is 26.5 Å². The summed E-state index contributed by atoms with van der Waals surface area (Å²) in [5.41, 5.74) is 2.45. The number of hydrogen-bond acceptors (Lipinski definition) is 9. The fourth-order valence-corrected chi connectivity index (χ4v) is 13.8. The number of hydrogen-bond donors (Lipinski definition) is 1. The van der Waals surface area contributed by atoms with Crippen LogP contribution in [0.2, 0.25) is 0 Å². The highest BCUT2D eigenvalue weighted by molar-refractivity contribution is 8.20. The van der Waals surface area contributed by atoms with E-state index in [0.717, 1.165) is 34.2 Å². The van der Waals surface area contributed by atoms with Gasteiger partial charge in [-0.3, -0.25) is 4.79 Å². The molecule has 2 aromatic carbocycles. The number of nitrogens with zero attached hydrogens (tertiary/aromatic N) is 1. The molecule has 57 heavy (non-hydrogen) atoms. The molecule has 0 spiro atoms. The van der Waals surface area contributed by atoms with Crippen LogP contribution in [0.25, 0.3) is 6.08 Å². The summed E-state index contributed by atoms with van der Waals surface area (Å²) in [5, 5.41) is 17.1. The predicted molar refractivity (Wildman–Crippen MR) is 247 cm³/mol. The summed E-state index contributed by atoms with van der Waals surface area (Å²) >= 11 is 5.35. The molecule has 10 heteroatoms. The lowest BCUT2D eigenvalue weighted by molar-refractivity contribution is -0.151. The van der Waals surface area contributed by atoms with E-state index in [2.05, 4.69) is 125 Å². The number of ether oxygens (including phenoxy) is 2. The summed E-state index contributed by atoms with van der Waals surface area (Å²) < 4.78 is 19.0. The Kier molecular flexibility index (Phi) is 18.6. The van der Waals surface area contributed by atoms with Crippen LogP contribution in [0, 0.1) is 35.5 Å². The molecule has 1 aromatic heterocycles. The number of aliphatic hydroxyl groups excluding tert-OH is 1. The number of methoxy groups -OCH3 is 1. The Morgan fingerprint density at radius 1 is 0.965 bits per heavy atom. The molecule has 0 saturated carbocycles. The molecular formula is C47H66NO5S3Si. The molecule has 1 saturated heterocycles. The minimum Gasteiger partial charge on any atom is -0.403 e. The first-order chi connectivity index (χ1) is 27.0. The van der Waals surface area contributed by atoms with E-state index in [1.54, 1.807) is 18.4 Å². The summed E-state index contributed by atoms with van der Waals surface area (Å²) in [6, 6.07) is 21.3. The normalized spacial score (nSPS) is 18.2. The minimum absolute atomic E-state index is 0.0259. The molecule has 0 aliphatic carbocycles. The fourth-order valence-electron chi connectivity index (χ4n) is 7.49. The van der Waals surface area contributed by atoms with Gasteiger partial charge in [0.2, 0.25) is 0 Å². The number of aromatic nitrogens is 1. The van der Waals surface area contributed by atoms with Gasteiger partial charge in [-0.15, -0.1) is 34.9 Å². The molecule has 6 nitrogen and oxygen atoms in total. The van der Waals surface area contributed by atoms with Crippen LogP contribution in [-0.4, -0.2) is 73.2 Å². The van der Waals surface area contributed by atoms with Gasteiger partial charge in [0.25, 0.3) is 9.04 Å². The van der Waals surface area contributed by atoms with E-state index in [1.165, 1.54) is 15.9 Å². The van der Waals surface area contributed by atoms with Crippen LogP contribution >= 0.6 is 34.9 Å². The van der Waals surface area contributed by atoms with E-state index in [1.807, 2.05) is 58.1 Å². The average Bonchev–Trinajstić information content (AvgIpc) is 3.87. The number of carbonyl (C=O) groups is 1. The molecule has 4 rings (SSSR count). The number of aliphatic hydroxyl groups is 1. The third-order valence-electron chi connectivity index (χ3n) is 10.8. The number of Topliss-reactive ketones (excluding diaryl/α,β-unsaturated/α-hetero) is 1. The van der Waals surface area contributed by atoms with Crippen molar-refractivity contribution < 1.29 is 23.8 Å². The highest BCUT2D eigenvalue weighted by Crippen LogP contribution is 2.44. The molecule has 311 valence electrons. The summed E-state index contributed by atoms with van der Waals surface area (Å²) in [7, 11) is 0.0349. The van der Waals surface area contributed by atoms with Crippen LogP contribution in [0.4, 0.5) is 0 Å². The van der Waals surface area contributed by atoms with Gasteiger partial charge in [-0.25, -0.2) is 4.98 Å². The number of benzene rings is 2. The highest BCUT2D eigenvalue weighted by Gasteiger charge is 2.47. The second kappa shape index (κ2) is 22.4. The number of thioether (sulfide) groups is 2. The summed E-state index contributed by atoms with van der Waals surface area (Å²) in [5.74, 6) is 1.57. The second-order valence-corrected chi connectivity index (χ2v) is 22.9. The number of aryl methyl sites for hydroxylation is 1. The van der Waals surface area contributed by atoms with Crippen molar-refractivity contribution in [3.05, 3.63) is 106 Å². The third-order valence-corrected chi connectivity index (χ3v) is 16.9. The maximum atomic E-state index is 14.0. The first-order valence-electron chi connectivity index (χ1n) is 20.2. The smallest absolute Gasteiger partial charge is 0.283 e. The van der Waals surface area contributed by atoms with Gasteiger partial charge in [-0.2, -0.15) is 0 Å². The Bertz CT molecular complexity index is 1720. The molecule has 1 aliphatic rings. The number of rotatable bonds is 21. The zero-order valence-corrected chi connectivity index (χ0v) is 39.4. The number of ketones is 1. The molecule has 0 amide bonds. The summed E-state index contributed by atoms with van der Waals surface area (Å²) in [4.78, 5) is 18.8. The van der Waals surface area contributed by atoms with E-state index >= 15 is 0 Å². The molecule has 3 aromatic rings. The molecule has 1 aliphatic heterocycles. The molecule has 6 atom stereocenters. The van der Waals surface area contributed by atoms with Gasteiger partial charge >= 0.3 is 0 Å². The maximum absolute atomic E-state index is 14.0. The van der Waals surface area contributed by atoms with Gasteiger partial charge in [0.15, 0.2) is 0 Å². The lowest BCUT2D eigenvalue weighted by Crippen LogP contribution is -2.51. The Morgan fingerprint density at radius 3 is 2.09 bits per heavy atom. The van der Waals surface area contributed by atoms with E-state index in [9.17, 15) is 9.90 Å². The van der Waals surface area contributed by atoms with E-state index in [-0.39, 0.29) is 46.6 Å². The van der Waals surface area contributed by atoms with Crippen molar-refractivity contribution in [2.45, 2.75) is 105 Å². The second-order valence-electron chi connectivity index (χ2n) is 17.0. The van der Waals surface area contributed by atoms with Gasteiger partial charge < -0.3 is 19.0 Å². The monoisotopic (exact) mass is 848 g/mol. The van der Waals surface area contributed by atoms with Crippen LogP contribution in [0.15, 0.2) is 95.4 Å². The minimum atomic E-state index is -1.57. The van der Waals surface area contributed by atoms with Crippen LogP contribution in [0.1, 0.15) is 85.9 Å². The van der Waals surface area contributed by atoms with Crippen molar-refractivity contribution in [2.24, 2.45) is 28.6 Å². The van der Waals surface area contributed by atoms with Gasteiger partial charge in [0.05, 0.1) is 39.0 Å². The Hall–Kier alpha value is -2.28. The van der Waals surface area contributed by atoms with Gasteiger partial charge in [-0.1, -0.05) is 139 Å². The number of allylic oxidation sites excluding steroid dienone is 4. The average molecular weight is 849 g/mol. The van der Waals surface area contributed by atoms with Crippen molar-refractivity contribution in [1.29, 1.82) is 0 Å². The molecule has 2 heterocycles. The lowest BCUT2D eigenvalue weighted by Gasteiger charge is -2.40. The first-order valence-corrected chi connectivity index (χ1v) is 24.6. The molecule has 0 bridgehead atoms. The standard InChI is InChI=1S/C47H66NO5S3Si/c1-32(19-18-20-33(2)41(49)35(4)42(50)47(9,10)44(52-31-51-11)45-54-27-28-55-45)25-26-40(34(3)29-37-30-56-36(5)48-37)43(46(6,7)8)53-57(38-21-14-12-15-22-38)39-23-16-13-17-24-39/h12-19,21-25,29-30,33,35,40-41,43-45,49H,20,26-28,31H2,1-11H3/b19-18+,32-25+,34-29-/t33-,35+,40-,41-,43?,44-/m0/s1. The fraction of sp³-hybridized carbons (Fsp3) is 0.532. The summed E-state index contributed by atoms with van der Waals surface area (Å²) in [6.07, 6.45) is 9.12. The number of thiazole rings is 1. The van der Waals surface area contributed by atoms with Crippen LogP contribution in [0.3, 0.4) is 0 Å². The summed E-state index contributed by atoms with van der Waals surface area (Å²) in [6.45, 7) is 21.2. The number of carbonyl (C=O) groups excluding carboxylic acids is 1. The molecule has 1 N–H and O–H groups in total. The Balaban J connectivity index is 1.53. The van der Waals surface area contributed by atoms with E-state index in [4.69, 9.17) is 18.9 Å². The molecule has 1 fully saturated rings. The van der Waals surface area contributed by atoms with Gasteiger partial charge in [0, 0.05) is 35.8 Å². The SMILES string of the molecule is COCO[C@@H](C1SCCS1)C(C)(C)C(=O)[C@H](C)[C@@H](O)[C@@H](C)C/C=C/C(C)=C/C[C@@H](/C(C)=C\c1csc(C)n1)C(O[Si](c1ccccc1)c1ccccc1)C(C)(C)C. The quantitative estimate of drug-likeness (QED) is 0.0646. The van der Waals surface area contributed by atoms with Gasteiger partial charge in [-0.05, 0) is 61.4 Å². The largest absolute Gasteiger partial charge is 0.403 e. The van der Waals surface area contributed by atoms with Crippen LogP contribution in [0.5, 0.6) is 0 Å². The van der Waals surface area contributed by atoms with Crippen LogP contribution < -0.4 is 10.4 Å². The molecule has 1 radical (unpaired) electrons. The molecule has 1 unspecified atom stereocenters. The third kappa shape index (κ3) is 13.6. The van der Waals surface area contributed by atoms with Crippen molar-refractivity contribution in [3.8, 4) is 0 Å². The van der Waals surface area contributed by atoms with Gasteiger partial charge in [0.1, 0.15) is 12.6 Å². The predicted octanol–water partition coefficient (Wildman–Crippen LogP) is 10.0. The lowest BCUT2D eigenvalue weighted by atomic mass is 9.74. The van der Waals surface area contributed by atoms with Crippen molar-refractivity contribution in [2.75, 3.05) is 25.4 Å². The van der Waals surface area contributed by atoms with Crippen molar-refractivity contribution >= 4 is 66.1 Å². The zero-order chi connectivity index (χ0) is 41.8. The first kappa shape index (κ1) is 47.4. The van der Waals surface area contributed by atoms with E-state index in [0.29, 0.717) is 6.42 Å². The maximum Gasteiger partial charge on any atom is 0.283 e. The zero-order valence-electron chi connectivity index (χ0n) is 36.0. The topological polar surface area (TPSA) is 77.9 Å². The van der Waals surface area contributed by atoms with Crippen molar-refractivity contribution in [3.63, 3.8) is 0 Å². The van der Waals surface area contributed by atoms with Crippen molar-refractivity contribution in [1.82, 2.24) is 4.98 Å². The highest BCUT2D eigenvalue weighted by atomic mass is 32.2.